The summed E-state index contributed by atoms with van der Waals surface area (Å²) >= 11 is 0. The first kappa shape index (κ1) is 50.5. The Bertz CT molecular complexity index is 1840. The normalized spacial score (nSPS) is 25.0. The van der Waals surface area contributed by atoms with E-state index in [-0.39, 0.29) is 59.6 Å². The van der Waals surface area contributed by atoms with Crippen LogP contribution in [0.3, 0.4) is 0 Å². The Kier molecular flexibility index (Phi) is 18.1. The minimum absolute atomic E-state index is 0.0919. The maximum absolute atomic E-state index is 14.8. The molecule has 2 aliphatic heterocycles. The summed E-state index contributed by atoms with van der Waals surface area (Å²) in [5, 5.41) is 12.7. The number of benzene rings is 2. The van der Waals surface area contributed by atoms with Gasteiger partial charge in [0.05, 0.1) is 12.1 Å². The molecule has 0 radical (unpaired) electrons. The van der Waals surface area contributed by atoms with Crippen molar-refractivity contribution in [1.29, 1.82) is 0 Å². The van der Waals surface area contributed by atoms with Crippen molar-refractivity contribution in [3.05, 3.63) is 70.8 Å². The molecule has 374 valence electrons. The second-order valence-corrected chi connectivity index (χ2v) is 21.6. The Hall–Kier alpha value is -3.84. The molecule has 2 saturated heterocycles. The van der Waals surface area contributed by atoms with Crippen molar-refractivity contribution in [2.75, 3.05) is 53.4 Å². The third kappa shape index (κ3) is 12.0. The van der Waals surface area contributed by atoms with Crippen molar-refractivity contribution < 1.29 is 19.2 Å². The van der Waals surface area contributed by atoms with Gasteiger partial charge in [-0.05, 0) is 165 Å². The van der Waals surface area contributed by atoms with Gasteiger partial charge < -0.3 is 31.1 Å². The summed E-state index contributed by atoms with van der Waals surface area (Å²) in [6.07, 6.45) is 21.2. The van der Waals surface area contributed by atoms with Crippen molar-refractivity contribution >= 4 is 23.6 Å². The molecule has 12 heteroatoms. The number of carbonyl (C=O) groups excluding carboxylic acids is 4. The number of rotatable bonds is 21. The van der Waals surface area contributed by atoms with E-state index in [1.807, 2.05) is 13.8 Å². The molecule has 0 bridgehead atoms. The van der Waals surface area contributed by atoms with E-state index in [1.54, 1.807) is 14.1 Å². The number of fused-ring (bicyclic) bond motifs is 2. The molecule has 3 unspecified atom stereocenters. The Morgan fingerprint density at radius 2 is 0.941 bits per heavy atom. The van der Waals surface area contributed by atoms with Crippen LogP contribution in [0.5, 0.6) is 0 Å². The first-order valence-electron chi connectivity index (χ1n) is 27.3. The largest absolute Gasteiger partial charge is 0.343 e. The molecule has 8 atom stereocenters. The zero-order valence-corrected chi connectivity index (χ0v) is 42.2. The summed E-state index contributed by atoms with van der Waals surface area (Å²) in [5.74, 6) is 0.415. The number of nitrogens with one attached hydrogen (secondary N) is 4. The fourth-order valence-corrected chi connectivity index (χ4v) is 13.3. The van der Waals surface area contributed by atoms with Gasteiger partial charge in [0, 0.05) is 50.3 Å². The van der Waals surface area contributed by atoms with E-state index < -0.39 is 12.1 Å². The molecular weight excluding hydrogens is 849 g/mol. The Balaban J connectivity index is 0.979. The quantitative estimate of drug-likeness (QED) is 0.0980. The van der Waals surface area contributed by atoms with Crippen LogP contribution in [0.2, 0.25) is 0 Å². The molecule has 0 spiro atoms. The summed E-state index contributed by atoms with van der Waals surface area (Å²) in [6, 6.07) is 17.2. The van der Waals surface area contributed by atoms with E-state index in [1.165, 1.54) is 35.1 Å². The average molecular weight is 935 g/mol. The lowest BCUT2D eigenvalue weighted by molar-refractivity contribution is -0.140. The van der Waals surface area contributed by atoms with Crippen molar-refractivity contribution in [2.24, 2.45) is 11.8 Å². The maximum Gasteiger partial charge on any atom is 0.245 e. The maximum atomic E-state index is 14.8. The Morgan fingerprint density at radius 3 is 1.34 bits per heavy atom. The number of likely N-dealkylation sites (tertiary alicyclic amines) is 2. The van der Waals surface area contributed by atoms with E-state index in [0.717, 1.165) is 155 Å². The number of aryl methyl sites for hydroxylation is 2. The van der Waals surface area contributed by atoms with Gasteiger partial charge in [-0.15, -0.1) is 0 Å². The highest BCUT2D eigenvalue weighted by atomic mass is 16.2. The van der Waals surface area contributed by atoms with Crippen LogP contribution in [-0.4, -0.2) is 133 Å². The smallest absolute Gasteiger partial charge is 0.245 e. The molecule has 12 nitrogen and oxygen atoms in total. The molecule has 0 aromatic heterocycles. The van der Waals surface area contributed by atoms with Crippen LogP contribution in [0.1, 0.15) is 164 Å². The predicted molar refractivity (Wildman–Crippen MR) is 271 cm³/mol. The Morgan fingerprint density at radius 1 is 0.544 bits per heavy atom. The molecular formula is C56H86N8O4. The van der Waals surface area contributed by atoms with Crippen molar-refractivity contribution in [3.8, 4) is 0 Å². The van der Waals surface area contributed by atoms with Crippen LogP contribution in [0, 0.1) is 11.8 Å². The fraction of sp³-hybridized carbons (Fsp3) is 0.714. The highest BCUT2D eigenvalue weighted by Crippen LogP contribution is 2.40. The molecule has 4 aliphatic carbocycles. The molecule has 8 rings (SSSR count). The van der Waals surface area contributed by atoms with E-state index in [4.69, 9.17) is 0 Å². The van der Waals surface area contributed by atoms with E-state index in [0.29, 0.717) is 12.1 Å². The van der Waals surface area contributed by atoms with E-state index in [2.05, 4.69) is 89.4 Å². The standard InChI is InChI=1S/C56H86N8O4/c1-39(57-3)53(65)59-51(43-21-7-5-8-22-43)55(67)63-35-17-25-45(63)37-61(49-31-29-41-19-11-13-27-47(41)49)33-15-16-34-62(50-32-30-42-20-12-14-28-48(42)50)38-46-26-18-36-64(46)56(68)52(44-23-9-6-10-24-44)60-54(66)40(2)58-4/h11-14,19-20,27-28,39-40,43-46,49-52,57-58H,5-10,15-18,21-26,29-38H2,1-4H3,(H,59,65)(H,60,66)/t39-,40-,45-,46-,49?,50?,51-,52?/m0/s1. The summed E-state index contributed by atoms with van der Waals surface area (Å²) in [5.41, 5.74) is 5.78. The lowest BCUT2D eigenvalue weighted by Gasteiger charge is -2.39. The number of hydrogen-bond acceptors (Lipinski definition) is 8. The number of amides is 4. The summed E-state index contributed by atoms with van der Waals surface area (Å²) in [7, 11) is 3.60. The fourth-order valence-electron chi connectivity index (χ4n) is 13.3. The molecule has 6 aliphatic rings. The topological polar surface area (TPSA) is 129 Å². The monoisotopic (exact) mass is 935 g/mol. The first-order chi connectivity index (χ1) is 33.1. The zero-order valence-electron chi connectivity index (χ0n) is 42.2. The molecule has 68 heavy (non-hydrogen) atoms. The van der Waals surface area contributed by atoms with E-state index >= 15 is 0 Å². The Labute approximate surface area is 408 Å². The molecule has 4 fully saturated rings. The van der Waals surface area contributed by atoms with Gasteiger partial charge >= 0.3 is 0 Å². The van der Waals surface area contributed by atoms with Crippen molar-refractivity contribution in [1.82, 2.24) is 40.9 Å². The van der Waals surface area contributed by atoms with Crippen molar-refractivity contribution in [2.45, 2.75) is 191 Å². The van der Waals surface area contributed by atoms with Crippen LogP contribution in [0.15, 0.2) is 48.5 Å². The number of unbranched alkanes of at least 4 members (excludes halogenated alkanes) is 1. The van der Waals surface area contributed by atoms with Gasteiger partial charge in [0.1, 0.15) is 12.1 Å². The average Bonchev–Trinajstić information content (AvgIpc) is 4.22. The molecule has 4 amide bonds. The summed E-state index contributed by atoms with van der Waals surface area (Å²) in [6.45, 7) is 8.83. The number of likely N-dealkylation sites (N-methyl/N-ethyl adjacent to an activating group) is 2. The molecule has 2 heterocycles. The molecule has 2 aromatic rings. The first-order valence-corrected chi connectivity index (χ1v) is 27.3. The second kappa shape index (κ2) is 24.3. The minimum atomic E-state index is -0.475. The summed E-state index contributed by atoms with van der Waals surface area (Å²) in [4.78, 5) is 66.0. The number of hydrogen-bond donors (Lipinski definition) is 4. The minimum Gasteiger partial charge on any atom is -0.343 e. The lowest BCUT2D eigenvalue weighted by atomic mass is 9.83. The predicted octanol–water partition coefficient (Wildman–Crippen LogP) is 7.07. The van der Waals surface area contributed by atoms with Gasteiger partial charge in [-0.25, -0.2) is 0 Å². The molecule has 2 aromatic carbocycles. The van der Waals surface area contributed by atoms with Crippen LogP contribution < -0.4 is 21.3 Å². The highest BCUT2D eigenvalue weighted by Gasteiger charge is 2.42. The van der Waals surface area contributed by atoms with Crippen LogP contribution in [0.4, 0.5) is 0 Å². The van der Waals surface area contributed by atoms with Crippen LogP contribution in [0.25, 0.3) is 0 Å². The second-order valence-electron chi connectivity index (χ2n) is 21.6. The van der Waals surface area contributed by atoms with Crippen molar-refractivity contribution in [3.63, 3.8) is 0 Å². The molecule has 2 saturated carbocycles. The van der Waals surface area contributed by atoms with Gasteiger partial charge in [-0.3, -0.25) is 29.0 Å². The molecule has 4 N–H and O–H groups in total. The van der Waals surface area contributed by atoms with Crippen LogP contribution >= 0.6 is 0 Å². The number of carbonyl (C=O) groups is 4. The van der Waals surface area contributed by atoms with Gasteiger partial charge in [0.15, 0.2) is 0 Å². The highest BCUT2D eigenvalue weighted by molar-refractivity contribution is 5.91. The van der Waals surface area contributed by atoms with Gasteiger partial charge in [0.2, 0.25) is 23.6 Å². The van der Waals surface area contributed by atoms with Gasteiger partial charge in [-0.2, -0.15) is 0 Å². The third-order valence-corrected chi connectivity index (χ3v) is 17.5. The zero-order chi connectivity index (χ0) is 47.6. The van der Waals surface area contributed by atoms with Gasteiger partial charge in [-0.1, -0.05) is 87.1 Å². The van der Waals surface area contributed by atoms with Crippen LogP contribution in [-0.2, 0) is 32.0 Å². The van der Waals surface area contributed by atoms with E-state index in [9.17, 15) is 19.2 Å². The van der Waals surface area contributed by atoms with Gasteiger partial charge in [0.25, 0.3) is 0 Å². The lowest BCUT2D eigenvalue weighted by Crippen LogP contribution is -2.57. The summed E-state index contributed by atoms with van der Waals surface area (Å²) < 4.78 is 0. The third-order valence-electron chi connectivity index (χ3n) is 17.5. The number of nitrogens with zero attached hydrogens (tertiary/aromatic N) is 4. The SMILES string of the molecule is CN[C@@H](C)C(=O)NC(C(=O)N1CCC[C@H]1CN(CCCCN(C[C@@H]1CCCN1C(=O)[C@@H](NC(=O)[C@H](C)NC)C1CCCCC1)C1CCc2ccccc21)C1CCc2ccccc21)C1CCCCC1.